The van der Waals surface area contributed by atoms with E-state index in [9.17, 15) is 4.79 Å². The number of hydrogen-bond donors (Lipinski definition) is 0. The third kappa shape index (κ3) is 5.84. The quantitative estimate of drug-likeness (QED) is 0.473. The molecular formula is C22H28ClN3O3S. The molecule has 6 nitrogen and oxygen atoms in total. The summed E-state index contributed by atoms with van der Waals surface area (Å²) in [6, 6.07) is 13.0. The number of nitrogens with zero attached hydrogens (tertiary/aromatic N) is 3. The molecule has 0 unspecified atom stereocenters. The number of halogens is 1. The van der Waals surface area contributed by atoms with Crippen molar-refractivity contribution in [3.05, 3.63) is 48.0 Å². The van der Waals surface area contributed by atoms with Crippen molar-refractivity contribution in [2.45, 2.75) is 13.3 Å². The molecule has 0 aliphatic carbocycles. The number of fused-ring (bicyclic) bond motifs is 1. The molecule has 0 saturated carbocycles. The molecule has 3 aromatic rings. The minimum Gasteiger partial charge on any atom is -0.497 e. The summed E-state index contributed by atoms with van der Waals surface area (Å²) in [7, 11) is 5.67. The molecule has 0 atom stereocenters. The molecule has 30 heavy (non-hydrogen) atoms. The van der Waals surface area contributed by atoms with Gasteiger partial charge in [-0.3, -0.25) is 9.69 Å². The summed E-state index contributed by atoms with van der Waals surface area (Å²) in [4.78, 5) is 21.9. The van der Waals surface area contributed by atoms with Crippen molar-refractivity contribution >= 4 is 45.0 Å². The van der Waals surface area contributed by atoms with Crippen molar-refractivity contribution in [3.63, 3.8) is 0 Å². The summed E-state index contributed by atoms with van der Waals surface area (Å²) >= 11 is 1.51. The first-order chi connectivity index (χ1) is 14.0. The van der Waals surface area contributed by atoms with Gasteiger partial charge < -0.3 is 14.4 Å². The van der Waals surface area contributed by atoms with Gasteiger partial charge in [0, 0.05) is 12.1 Å². The number of ether oxygens (including phenoxy) is 2. The van der Waals surface area contributed by atoms with Gasteiger partial charge in [-0.25, -0.2) is 4.98 Å². The van der Waals surface area contributed by atoms with Gasteiger partial charge in [-0.1, -0.05) is 11.3 Å². The Balaban J connectivity index is 0.00000320. The number of carbonyl (C=O) groups excluding carboxylic acids is 1. The van der Waals surface area contributed by atoms with E-state index >= 15 is 0 Å². The second kappa shape index (κ2) is 11.2. The van der Waals surface area contributed by atoms with Gasteiger partial charge in [-0.05, 0) is 76.4 Å². The Kier molecular flexibility index (Phi) is 8.89. The fourth-order valence-electron chi connectivity index (χ4n) is 2.98. The molecule has 0 fully saturated rings. The molecule has 0 radical (unpaired) electrons. The Morgan fingerprint density at radius 1 is 1.07 bits per heavy atom. The van der Waals surface area contributed by atoms with Gasteiger partial charge >= 0.3 is 0 Å². The predicted octanol–water partition coefficient (Wildman–Crippen LogP) is 4.72. The lowest BCUT2D eigenvalue weighted by Gasteiger charge is -2.21. The van der Waals surface area contributed by atoms with Crippen molar-refractivity contribution in [1.82, 2.24) is 9.88 Å². The number of hydrogen-bond acceptors (Lipinski definition) is 6. The molecule has 0 aliphatic heterocycles. The summed E-state index contributed by atoms with van der Waals surface area (Å²) in [5.74, 6) is 1.48. The summed E-state index contributed by atoms with van der Waals surface area (Å²) < 4.78 is 11.8. The van der Waals surface area contributed by atoms with E-state index in [-0.39, 0.29) is 18.3 Å². The first-order valence-electron chi connectivity index (χ1n) is 9.66. The van der Waals surface area contributed by atoms with E-state index < -0.39 is 0 Å². The Labute approximate surface area is 187 Å². The van der Waals surface area contributed by atoms with E-state index in [0.29, 0.717) is 23.8 Å². The number of aromatic nitrogens is 1. The fraction of sp³-hybridized carbons (Fsp3) is 0.364. The monoisotopic (exact) mass is 449 g/mol. The van der Waals surface area contributed by atoms with Crippen LogP contribution >= 0.6 is 23.7 Å². The Bertz CT molecular complexity index is 960. The Hall–Kier alpha value is -2.35. The van der Waals surface area contributed by atoms with Crippen LogP contribution in [0, 0.1) is 0 Å². The van der Waals surface area contributed by atoms with Crippen LogP contribution in [0.5, 0.6) is 11.5 Å². The Morgan fingerprint density at radius 2 is 1.77 bits per heavy atom. The normalized spacial score (nSPS) is 10.7. The number of benzene rings is 2. The van der Waals surface area contributed by atoms with Crippen LogP contribution in [0.25, 0.3) is 10.2 Å². The summed E-state index contributed by atoms with van der Waals surface area (Å²) in [5.41, 5.74) is 1.48. The molecule has 0 aliphatic rings. The van der Waals surface area contributed by atoms with E-state index in [2.05, 4.69) is 4.90 Å². The summed E-state index contributed by atoms with van der Waals surface area (Å²) in [5, 5.41) is 0.702. The highest BCUT2D eigenvalue weighted by atomic mass is 35.5. The molecule has 3 rings (SSSR count). The topological polar surface area (TPSA) is 54.9 Å². The zero-order valence-electron chi connectivity index (χ0n) is 17.8. The van der Waals surface area contributed by atoms with Crippen LogP contribution in [-0.2, 0) is 0 Å². The maximum atomic E-state index is 13.3. The van der Waals surface area contributed by atoms with Crippen LogP contribution in [0.3, 0.4) is 0 Å². The SMILES string of the molecule is CCOc1ccc2nc(N(CCCN(C)C)C(=O)c3ccc(OC)cc3)sc2c1.Cl. The van der Waals surface area contributed by atoms with E-state index in [4.69, 9.17) is 14.5 Å². The second-order valence-corrected chi connectivity index (χ2v) is 7.91. The standard InChI is InChI=1S/C22H27N3O3S.ClH/c1-5-28-18-11-12-19-20(15-18)29-22(23-19)25(14-6-13-24(2)3)21(26)16-7-9-17(27-4)10-8-16;/h7-12,15H,5-6,13-14H2,1-4H3;1H. The number of anilines is 1. The molecule has 8 heteroatoms. The summed E-state index contributed by atoms with van der Waals surface area (Å²) in [6.45, 7) is 4.07. The van der Waals surface area contributed by atoms with Crippen molar-refractivity contribution in [2.75, 3.05) is 45.8 Å². The molecule has 1 amide bonds. The van der Waals surface area contributed by atoms with E-state index in [1.807, 2.05) is 39.2 Å². The predicted molar refractivity (Wildman–Crippen MR) is 126 cm³/mol. The van der Waals surface area contributed by atoms with Crippen LogP contribution in [0.1, 0.15) is 23.7 Å². The Morgan fingerprint density at radius 3 is 2.40 bits per heavy atom. The lowest BCUT2D eigenvalue weighted by atomic mass is 10.2. The van der Waals surface area contributed by atoms with Crippen LogP contribution in [0.15, 0.2) is 42.5 Å². The zero-order valence-corrected chi connectivity index (χ0v) is 19.4. The van der Waals surface area contributed by atoms with Crippen molar-refractivity contribution < 1.29 is 14.3 Å². The molecule has 0 bridgehead atoms. The number of amides is 1. The van der Waals surface area contributed by atoms with Crippen molar-refractivity contribution in [1.29, 1.82) is 0 Å². The lowest BCUT2D eigenvalue weighted by Crippen LogP contribution is -2.33. The van der Waals surface area contributed by atoms with Gasteiger partial charge in [0.05, 0.1) is 23.9 Å². The average molecular weight is 450 g/mol. The van der Waals surface area contributed by atoms with Crippen LogP contribution in [0.4, 0.5) is 5.13 Å². The molecular weight excluding hydrogens is 422 g/mol. The van der Waals surface area contributed by atoms with Crippen LogP contribution in [0.2, 0.25) is 0 Å². The summed E-state index contributed by atoms with van der Waals surface area (Å²) in [6.07, 6.45) is 0.856. The molecule has 0 saturated heterocycles. The maximum Gasteiger partial charge on any atom is 0.260 e. The van der Waals surface area contributed by atoms with E-state index in [0.717, 1.165) is 34.7 Å². The van der Waals surface area contributed by atoms with Crippen molar-refractivity contribution in [3.8, 4) is 11.5 Å². The highest BCUT2D eigenvalue weighted by molar-refractivity contribution is 7.22. The van der Waals surface area contributed by atoms with Gasteiger partial charge in [0.1, 0.15) is 11.5 Å². The van der Waals surface area contributed by atoms with Crippen molar-refractivity contribution in [2.24, 2.45) is 0 Å². The fourth-order valence-corrected chi connectivity index (χ4v) is 4.00. The van der Waals surface area contributed by atoms with Gasteiger partial charge in [0.25, 0.3) is 5.91 Å². The zero-order chi connectivity index (χ0) is 20.8. The second-order valence-electron chi connectivity index (χ2n) is 6.90. The minimum absolute atomic E-state index is 0. The van der Waals surface area contributed by atoms with Crippen LogP contribution < -0.4 is 14.4 Å². The third-order valence-corrected chi connectivity index (χ3v) is 5.50. The molecule has 1 aromatic heterocycles. The minimum atomic E-state index is -0.0597. The number of carbonyl (C=O) groups is 1. The van der Waals surface area contributed by atoms with E-state index in [1.54, 1.807) is 36.3 Å². The lowest BCUT2D eigenvalue weighted by molar-refractivity contribution is 0.0986. The largest absolute Gasteiger partial charge is 0.497 e. The van der Waals surface area contributed by atoms with Gasteiger partial charge in [-0.2, -0.15) is 0 Å². The van der Waals surface area contributed by atoms with Gasteiger partial charge in [-0.15, -0.1) is 12.4 Å². The average Bonchev–Trinajstić information content (AvgIpc) is 3.14. The van der Waals surface area contributed by atoms with Gasteiger partial charge in [0.2, 0.25) is 0 Å². The highest BCUT2D eigenvalue weighted by Gasteiger charge is 2.21. The number of rotatable bonds is 9. The highest BCUT2D eigenvalue weighted by Crippen LogP contribution is 2.32. The van der Waals surface area contributed by atoms with Crippen LogP contribution in [-0.4, -0.2) is 56.7 Å². The molecule has 162 valence electrons. The number of methoxy groups -OCH3 is 1. The third-order valence-electron chi connectivity index (χ3n) is 4.46. The first kappa shape index (κ1) is 23.9. The maximum absolute atomic E-state index is 13.3. The first-order valence-corrected chi connectivity index (χ1v) is 10.5. The van der Waals surface area contributed by atoms with E-state index in [1.165, 1.54) is 11.3 Å². The molecule has 2 aromatic carbocycles. The smallest absolute Gasteiger partial charge is 0.260 e. The van der Waals surface area contributed by atoms with Gasteiger partial charge in [0.15, 0.2) is 5.13 Å². The molecule has 0 N–H and O–H groups in total. The number of thiazole rings is 1. The molecule has 1 heterocycles. The molecule has 0 spiro atoms.